The van der Waals surface area contributed by atoms with E-state index in [0.717, 1.165) is 35.0 Å². The van der Waals surface area contributed by atoms with E-state index in [0.29, 0.717) is 11.3 Å². The number of rotatable bonds is 5. The zero-order valence-corrected chi connectivity index (χ0v) is 22.5. The average Bonchev–Trinajstić information content (AvgIpc) is 3.11. The second-order valence-corrected chi connectivity index (χ2v) is 10.9. The van der Waals surface area contributed by atoms with Crippen molar-refractivity contribution >= 4 is 89.4 Å². The van der Waals surface area contributed by atoms with Gasteiger partial charge in [0.15, 0.2) is 0 Å². The number of carbonyl (C=O) groups excluding carboxylic acids is 2. The molecule has 2 aliphatic rings. The molecule has 1 aromatic carbocycles. The molecule has 3 rings (SSSR count). The monoisotopic (exact) mass is 608 g/mol. The fourth-order valence-corrected chi connectivity index (χ4v) is 4.94. The molecule has 0 saturated carbocycles. The van der Waals surface area contributed by atoms with Crippen LogP contribution in [0.25, 0.3) is 5.57 Å². The number of amides is 2. The molecule has 0 aromatic heterocycles. The van der Waals surface area contributed by atoms with Crippen molar-refractivity contribution < 1.29 is 42.4 Å². The normalized spacial score (nSPS) is 16.7. The van der Waals surface area contributed by atoms with Crippen LogP contribution in [-0.2, 0) is 29.3 Å². The number of carbonyl (C=O) groups is 4. The third-order valence-electron chi connectivity index (χ3n) is 3.94. The standard InChI is InChI=1S/C16H13BrN2O5S3.2C2H4O2/c1-2-5-18-11-4-3-9(17)8-10(11)12(14(18)20)13-15(21)19(16(25)26-13)6-7-27(22,23)24;2*1-2(3)4/h2-4,8H,1,5-7H2,(H,22,23,24);2*1H3,(H,3,4)/b13-12-;;. The van der Waals surface area contributed by atoms with E-state index in [9.17, 15) is 18.0 Å². The van der Waals surface area contributed by atoms with Gasteiger partial charge in [-0.25, -0.2) is 0 Å². The molecule has 1 fully saturated rings. The van der Waals surface area contributed by atoms with Gasteiger partial charge in [0.25, 0.3) is 33.9 Å². The van der Waals surface area contributed by atoms with Crippen LogP contribution in [0.5, 0.6) is 0 Å². The Bertz CT molecular complexity index is 1190. The van der Waals surface area contributed by atoms with Crippen LogP contribution in [-0.4, -0.2) is 75.0 Å². The lowest BCUT2D eigenvalue weighted by molar-refractivity contribution is -0.135. The number of fused-ring (bicyclic) bond motifs is 1. The highest BCUT2D eigenvalue weighted by Crippen LogP contribution is 2.45. The van der Waals surface area contributed by atoms with Crippen molar-refractivity contribution in [1.29, 1.82) is 0 Å². The Morgan fingerprint density at radius 1 is 1.14 bits per heavy atom. The maximum absolute atomic E-state index is 13.0. The Kier molecular flexibility index (Phi) is 11.2. The van der Waals surface area contributed by atoms with Gasteiger partial charge >= 0.3 is 0 Å². The van der Waals surface area contributed by atoms with Crippen molar-refractivity contribution in [3.05, 3.63) is 45.8 Å². The van der Waals surface area contributed by atoms with Crippen molar-refractivity contribution in [2.75, 3.05) is 23.7 Å². The first-order chi connectivity index (χ1) is 16.1. The number of carboxylic acids is 2. The number of carboxylic acid groups (broad SMARTS) is 2. The molecule has 11 nitrogen and oxygen atoms in total. The predicted molar refractivity (Wildman–Crippen MR) is 139 cm³/mol. The minimum Gasteiger partial charge on any atom is -0.481 e. The summed E-state index contributed by atoms with van der Waals surface area (Å²) in [5.41, 5.74) is 1.47. The Morgan fingerprint density at radius 2 is 1.69 bits per heavy atom. The lowest BCUT2D eigenvalue weighted by atomic mass is 10.1. The Balaban J connectivity index is 0.000000668. The van der Waals surface area contributed by atoms with Crippen molar-refractivity contribution in [3.63, 3.8) is 0 Å². The summed E-state index contributed by atoms with van der Waals surface area (Å²) in [6.45, 7) is 5.82. The number of hydrogen-bond donors (Lipinski definition) is 3. The summed E-state index contributed by atoms with van der Waals surface area (Å²) in [6, 6.07) is 5.31. The van der Waals surface area contributed by atoms with Crippen LogP contribution >= 0.6 is 39.9 Å². The smallest absolute Gasteiger partial charge is 0.300 e. The van der Waals surface area contributed by atoms with Gasteiger partial charge in [-0.2, -0.15) is 8.42 Å². The van der Waals surface area contributed by atoms with E-state index in [1.165, 1.54) is 4.90 Å². The van der Waals surface area contributed by atoms with Crippen LogP contribution in [0.2, 0.25) is 0 Å². The summed E-state index contributed by atoms with van der Waals surface area (Å²) in [4.78, 5) is 46.5. The van der Waals surface area contributed by atoms with E-state index in [-0.39, 0.29) is 33.8 Å². The molecule has 1 saturated heterocycles. The summed E-state index contributed by atoms with van der Waals surface area (Å²) < 4.78 is 31.8. The summed E-state index contributed by atoms with van der Waals surface area (Å²) in [6.07, 6.45) is 1.59. The van der Waals surface area contributed by atoms with Gasteiger partial charge in [-0.3, -0.25) is 28.6 Å². The first kappa shape index (κ1) is 30.4. The number of anilines is 1. The molecule has 0 unspecified atom stereocenters. The first-order valence-corrected chi connectivity index (χ1v) is 13.1. The third-order valence-corrected chi connectivity index (χ3v) is 6.58. The number of halogens is 1. The molecule has 1 aromatic rings. The minimum atomic E-state index is -4.25. The number of hydrogen-bond acceptors (Lipinski definition) is 8. The summed E-state index contributed by atoms with van der Waals surface area (Å²) in [7, 11) is -4.25. The van der Waals surface area contributed by atoms with Crippen molar-refractivity contribution in [3.8, 4) is 0 Å². The van der Waals surface area contributed by atoms with E-state index in [1.807, 2.05) is 0 Å². The average molecular weight is 609 g/mol. The Morgan fingerprint density at radius 3 is 2.17 bits per heavy atom. The zero-order chi connectivity index (χ0) is 27.1. The highest BCUT2D eigenvalue weighted by molar-refractivity contribution is 9.10. The number of nitrogens with zero attached hydrogens (tertiary/aromatic N) is 2. The maximum atomic E-state index is 13.0. The molecule has 0 aliphatic carbocycles. The topological polar surface area (TPSA) is 170 Å². The van der Waals surface area contributed by atoms with Crippen LogP contribution in [0.3, 0.4) is 0 Å². The van der Waals surface area contributed by atoms with E-state index in [2.05, 4.69) is 22.5 Å². The molecular formula is C20H21BrN2O9S3. The van der Waals surface area contributed by atoms with Crippen LogP contribution in [0, 0.1) is 0 Å². The second-order valence-electron chi connectivity index (χ2n) is 6.72. The third kappa shape index (κ3) is 8.85. The molecule has 15 heteroatoms. The zero-order valence-electron chi connectivity index (χ0n) is 18.4. The minimum absolute atomic E-state index is 0.137. The fraction of sp³-hybridized carbons (Fsp3) is 0.250. The van der Waals surface area contributed by atoms with Gasteiger partial charge in [-0.1, -0.05) is 46.0 Å². The van der Waals surface area contributed by atoms with Gasteiger partial charge in [0.1, 0.15) is 4.32 Å². The molecule has 2 amide bonds. The molecule has 0 spiro atoms. The molecule has 0 radical (unpaired) electrons. The molecule has 0 bridgehead atoms. The molecule has 3 N–H and O–H groups in total. The predicted octanol–water partition coefficient (Wildman–Crippen LogP) is 2.62. The summed E-state index contributed by atoms with van der Waals surface area (Å²) >= 11 is 9.48. The number of aliphatic carboxylic acids is 2. The second kappa shape index (κ2) is 12.9. The van der Waals surface area contributed by atoms with E-state index < -0.39 is 33.7 Å². The van der Waals surface area contributed by atoms with Crippen LogP contribution in [0.1, 0.15) is 19.4 Å². The van der Waals surface area contributed by atoms with Crippen molar-refractivity contribution in [1.82, 2.24) is 4.90 Å². The highest BCUT2D eigenvalue weighted by atomic mass is 79.9. The number of thioether (sulfide) groups is 1. The molecule has 0 atom stereocenters. The largest absolute Gasteiger partial charge is 0.481 e. The van der Waals surface area contributed by atoms with Gasteiger partial charge in [0, 0.05) is 37.0 Å². The quantitative estimate of drug-likeness (QED) is 0.194. The van der Waals surface area contributed by atoms with Crippen molar-refractivity contribution in [2.45, 2.75) is 13.8 Å². The lowest BCUT2D eigenvalue weighted by Gasteiger charge is -2.14. The SMILES string of the molecule is C=CCN1C(=O)/C(=C2\SC(=S)N(CCS(=O)(=O)O)C2=O)c2cc(Br)ccc21.CC(=O)O.CC(=O)O. The van der Waals surface area contributed by atoms with Gasteiger partial charge in [-0.15, -0.1) is 6.58 Å². The van der Waals surface area contributed by atoms with E-state index in [1.54, 1.807) is 24.3 Å². The van der Waals surface area contributed by atoms with Gasteiger partial charge in [0.05, 0.1) is 21.9 Å². The molecular weight excluding hydrogens is 588 g/mol. The number of benzene rings is 1. The molecule has 2 heterocycles. The van der Waals surface area contributed by atoms with Gasteiger partial charge in [-0.05, 0) is 18.2 Å². The van der Waals surface area contributed by atoms with Crippen LogP contribution < -0.4 is 4.90 Å². The first-order valence-electron chi connectivity index (χ1n) is 9.45. The molecule has 35 heavy (non-hydrogen) atoms. The van der Waals surface area contributed by atoms with E-state index in [4.69, 9.17) is 36.6 Å². The molecule has 190 valence electrons. The Labute approximate surface area is 219 Å². The van der Waals surface area contributed by atoms with Crippen LogP contribution in [0.15, 0.2) is 40.2 Å². The van der Waals surface area contributed by atoms with Crippen LogP contribution in [0.4, 0.5) is 5.69 Å². The molecule has 2 aliphatic heterocycles. The van der Waals surface area contributed by atoms with Gasteiger partial charge < -0.3 is 15.1 Å². The summed E-state index contributed by atoms with van der Waals surface area (Å²) in [5.74, 6) is -3.21. The maximum Gasteiger partial charge on any atom is 0.300 e. The Hall–Kier alpha value is -2.59. The van der Waals surface area contributed by atoms with Crippen molar-refractivity contribution in [2.24, 2.45) is 0 Å². The van der Waals surface area contributed by atoms with Gasteiger partial charge in [0.2, 0.25) is 0 Å². The fourth-order valence-electron chi connectivity index (χ4n) is 2.78. The lowest BCUT2D eigenvalue weighted by Crippen LogP contribution is -2.33. The number of thiocarbonyl (C=S) groups is 1. The van der Waals surface area contributed by atoms with E-state index >= 15 is 0 Å². The summed E-state index contributed by atoms with van der Waals surface area (Å²) in [5, 5.41) is 14.8. The highest BCUT2D eigenvalue weighted by Gasteiger charge is 2.42.